The summed E-state index contributed by atoms with van der Waals surface area (Å²) in [6, 6.07) is 2.35. The fourth-order valence-corrected chi connectivity index (χ4v) is 1.85. The van der Waals surface area contributed by atoms with Gasteiger partial charge in [-0.1, -0.05) is 0 Å². The van der Waals surface area contributed by atoms with Crippen LogP contribution < -0.4 is 5.43 Å². The van der Waals surface area contributed by atoms with E-state index in [2.05, 4.69) is 16.5 Å². The van der Waals surface area contributed by atoms with Gasteiger partial charge in [0, 0.05) is 19.6 Å². The number of fused-ring (bicyclic) bond motifs is 2. The molecule has 3 heteroatoms. The normalized spacial score (nSPS) is 44.9. The van der Waals surface area contributed by atoms with Gasteiger partial charge in [-0.05, 0) is 12.3 Å². The lowest BCUT2D eigenvalue weighted by atomic mass is 9.94. The third-order valence-corrected chi connectivity index (χ3v) is 2.46. The van der Waals surface area contributed by atoms with Gasteiger partial charge in [0.25, 0.3) is 0 Å². The zero-order chi connectivity index (χ0) is 6.97. The number of rotatable bonds is 0. The molecule has 0 aromatic heterocycles. The average Bonchev–Trinajstić information content (AvgIpc) is 2.26. The Kier molecular flexibility index (Phi) is 1.37. The van der Waals surface area contributed by atoms with Crippen LogP contribution in [-0.4, -0.2) is 24.6 Å². The molecule has 1 N–H and O–H groups in total. The number of nitrogens with zero attached hydrogens (tertiary/aromatic N) is 2. The lowest BCUT2D eigenvalue weighted by molar-refractivity contribution is 0.190. The second kappa shape index (κ2) is 2.22. The number of hydrazine groups is 1. The molecule has 54 valence electrons. The molecule has 2 fully saturated rings. The predicted molar refractivity (Wildman–Crippen MR) is 36.8 cm³/mol. The maximum atomic E-state index is 8.71. The van der Waals surface area contributed by atoms with Gasteiger partial charge in [-0.3, -0.25) is 5.43 Å². The predicted octanol–water partition coefficient (Wildman–Crippen LogP) is -0.0337. The Labute approximate surface area is 60.6 Å². The molecular weight excluding hydrogens is 126 g/mol. The van der Waals surface area contributed by atoms with Crippen molar-refractivity contribution in [2.45, 2.75) is 6.42 Å². The van der Waals surface area contributed by atoms with Crippen molar-refractivity contribution < 1.29 is 0 Å². The minimum absolute atomic E-state index is 0.287. The van der Waals surface area contributed by atoms with E-state index in [1.165, 1.54) is 6.42 Å². The summed E-state index contributed by atoms with van der Waals surface area (Å²) < 4.78 is 0. The van der Waals surface area contributed by atoms with E-state index in [1.807, 2.05) is 0 Å². The van der Waals surface area contributed by atoms with Crippen molar-refractivity contribution in [3.8, 4) is 6.07 Å². The van der Waals surface area contributed by atoms with Gasteiger partial charge in [-0.2, -0.15) is 5.26 Å². The minimum Gasteiger partial charge on any atom is -0.255 e. The van der Waals surface area contributed by atoms with E-state index < -0.39 is 0 Å². The number of hydrogen-bond acceptors (Lipinski definition) is 3. The van der Waals surface area contributed by atoms with Crippen molar-refractivity contribution >= 4 is 0 Å². The van der Waals surface area contributed by atoms with Gasteiger partial charge >= 0.3 is 0 Å². The molecule has 0 aliphatic carbocycles. The average molecular weight is 137 g/mol. The second-order valence-electron chi connectivity index (χ2n) is 3.10. The molecule has 2 heterocycles. The Morgan fingerprint density at radius 3 is 3.10 bits per heavy atom. The molecule has 0 aromatic carbocycles. The zero-order valence-corrected chi connectivity index (χ0v) is 5.88. The van der Waals surface area contributed by atoms with E-state index >= 15 is 0 Å². The Hall–Kier alpha value is -0.590. The van der Waals surface area contributed by atoms with Crippen molar-refractivity contribution in [1.82, 2.24) is 10.4 Å². The molecular formula is C7H11N3. The molecule has 3 atom stereocenters. The molecule has 0 spiro atoms. The van der Waals surface area contributed by atoms with Crippen LogP contribution in [0.4, 0.5) is 0 Å². The summed E-state index contributed by atoms with van der Waals surface area (Å²) in [4.78, 5) is 0. The quantitative estimate of drug-likeness (QED) is 0.509. The first-order chi connectivity index (χ1) is 4.90. The van der Waals surface area contributed by atoms with Crippen LogP contribution in [0.3, 0.4) is 0 Å². The van der Waals surface area contributed by atoms with Crippen LogP contribution in [0, 0.1) is 23.2 Å². The number of hydrogen-bond donors (Lipinski definition) is 1. The summed E-state index contributed by atoms with van der Waals surface area (Å²) >= 11 is 0. The van der Waals surface area contributed by atoms with Crippen LogP contribution >= 0.6 is 0 Å². The lowest BCUT2D eigenvalue weighted by Gasteiger charge is -2.22. The Balaban J connectivity index is 2.10. The lowest BCUT2D eigenvalue weighted by Crippen LogP contribution is -2.40. The van der Waals surface area contributed by atoms with Crippen LogP contribution in [0.25, 0.3) is 0 Å². The van der Waals surface area contributed by atoms with Crippen LogP contribution in [0.15, 0.2) is 0 Å². The maximum Gasteiger partial charge on any atom is 0.0673 e. The fraction of sp³-hybridized carbons (Fsp3) is 0.857. The Morgan fingerprint density at radius 2 is 2.40 bits per heavy atom. The monoisotopic (exact) mass is 137 g/mol. The molecule has 2 saturated heterocycles. The Bertz CT molecular complexity index is 172. The largest absolute Gasteiger partial charge is 0.255 e. The highest BCUT2D eigenvalue weighted by atomic mass is 15.5. The van der Waals surface area contributed by atoms with Crippen LogP contribution in [0.2, 0.25) is 0 Å². The van der Waals surface area contributed by atoms with Gasteiger partial charge < -0.3 is 0 Å². The van der Waals surface area contributed by atoms with E-state index in [9.17, 15) is 0 Å². The molecule has 2 aliphatic rings. The molecule has 2 aliphatic heterocycles. The molecule has 0 saturated carbocycles. The highest BCUT2D eigenvalue weighted by Gasteiger charge is 2.35. The smallest absolute Gasteiger partial charge is 0.0673 e. The fourth-order valence-electron chi connectivity index (χ4n) is 1.85. The molecule has 0 radical (unpaired) electrons. The van der Waals surface area contributed by atoms with Gasteiger partial charge in [-0.15, -0.1) is 0 Å². The van der Waals surface area contributed by atoms with Crippen molar-refractivity contribution in [2.75, 3.05) is 19.6 Å². The highest BCUT2D eigenvalue weighted by Crippen LogP contribution is 2.26. The van der Waals surface area contributed by atoms with Gasteiger partial charge in [0.05, 0.1) is 12.0 Å². The summed E-state index contributed by atoms with van der Waals surface area (Å²) in [6.45, 7) is 3.07. The minimum atomic E-state index is 0.287. The van der Waals surface area contributed by atoms with Crippen LogP contribution in [0.5, 0.6) is 0 Å². The molecule has 3 nitrogen and oxygen atoms in total. The van der Waals surface area contributed by atoms with E-state index in [1.54, 1.807) is 0 Å². The summed E-state index contributed by atoms with van der Waals surface area (Å²) in [5.74, 6) is 0.932. The standard InChI is InChI=1S/C7H11N3/c8-3-7-5-10-4-6(7)1-2-9-10/h6-7,9H,1-2,4-5H2. The van der Waals surface area contributed by atoms with Crippen LogP contribution in [0.1, 0.15) is 6.42 Å². The number of nitriles is 1. The zero-order valence-electron chi connectivity index (χ0n) is 5.88. The van der Waals surface area contributed by atoms with E-state index in [-0.39, 0.29) is 5.92 Å². The van der Waals surface area contributed by atoms with Crippen LogP contribution in [-0.2, 0) is 0 Å². The van der Waals surface area contributed by atoms with Gasteiger partial charge in [0.1, 0.15) is 0 Å². The highest BCUT2D eigenvalue weighted by molar-refractivity contribution is 4.97. The van der Waals surface area contributed by atoms with Gasteiger partial charge in [0.15, 0.2) is 0 Å². The molecule has 2 rings (SSSR count). The van der Waals surface area contributed by atoms with Crippen molar-refractivity contribution in [3.05, 3.63) is 0 Å². The van der Waals surface area contributed by atoms with E-state index in [0.29, 0.717) is 5.92 Å². The molecule has 0 aromatic rings. The SMILES string of the molecule is N#CC1CN2CC1CCN2. The first-order valence-corrected chi connectivity index (χ1v) is 3.78. The van der Waals surface area contributed by atoms with Crippen molar-refractivity contribution in [2.24, 2.45) is 11.8 Å². The van der Waals surface area contributed by atoms with E-state index in [4.69, 9.17) is 5.26 Å². The van der Waals surface area contributed by atoms with Gasteiger partial charge in [-0.25, -0.2) is 5.01 Å². The number of nitrogens with one attached hydrogen (secondary N) is 1. The summed E-state index contributed by atoms with van der Waals surface area (Å²) in [7, 11) is 0. The molecule has 10 heavy (non-hydrogen) atoms. The van der Waals surface area contributed by atoms with E-state index in [0.717, 1.165) is 19.6 Å². The third-order valence-electron chi connectivity index (χ3n) is 2.46. The summed E-state index contributed by atoms with van der Waals surface area (Å²) in [6.07, 6.45) is 1.18. The Morgan fingerprint density at radius 1 is 1.50 bits per heavy atom. The van der Waals surface area contributed by atoms with Gasteiger partial charge in [0.2, 0.25) is 0 Å². The summed E-state index contributed by atoms with van der Waals surface area (Å²) in [5, 5.41) is 10.9. The summed E-state index contributed by atoms with van der Waals surface area (Å²) in [5.41, 5.74) is 3.26. The topological polar surface area (TPSA) is 39.1 Å². The molecule has 0 amide bonds. The van der Waals surface area contributed by atoms with Crippen molar-refractivity contribution in [1.29, 1.82) is 5.26 Å². The second-order valence-corrected chi connectivity index (χ2v) is 3.10. The molecule has 3 unspecified atom stereocenters. The maximum absolute atomic E-state index is 8.71. The van der Waals surface area contributed by atoms with Crippen molar-refractivity contribution in [3.63, 3.8) is 0 Å². The first-order valence-electron chi connectivity index (χ1n) is 3.78. The first kappa shape index (κ1) is 6.14. The molecule has 2 bridgehead atoms. The third kappa shape index (κ3) is 0.808.